The van der Waals surface area contributed by atoms with E-state index in [0.29, 0.717) is 17.1 Å². The molecule has 1 rings (SSSR count). The number of carbonyl (C=O) groups is 2. The van der Waals surface area contributed by atoms with Gasteiger partial charge in [0.15, 0.2) is 0 Å². The fourth-order valence-electron chi connectivity index (χ4n) is 1.71. The van der Waals surface area contributed by atoms with Crippen LogP contribution >= 0.6 is 11.6 Å². The van der Waals surface area contributed by atoms with Crippen molar-refractivity contribution in [1.82, 2.24) is 4.90 Å². The number of methoxy groups -OCH3 is 1. The van der Waals surface area contributed by atoms with E-state index in [1.165, 1.54) is 12.0 Å². The van der Waals surface area contributed by atoms with Gasteiger partial charge in [0, 0.05) is 6.54 Å². The fourth-order valence-corrected chi connectivity index (χ4v) is 2.02. The molecule has 0 bridgehead atoms. The van der Waals surface area contributed by atoms with E-state index in [-0.39, 0.29) is 12.5 Å². The first-order chi connectivity index (χ1) is 8.99. The maximum Gasteiger partial charge on any atom is 0.325 e. The van der Waals surface area contributed by atoms with E-state index in [2.05, 4.69) is 4.74 Å². The van der Waals surface area contributed by atoms with E-state index < -0.39 is 5.97 Å². The third-order valence-corrected chi connectivity index (χ3v) is 3.00. The first-order valence-electron chi connectivity index (χ1n) is 6.11. The van der Waals surface area contributed by atoms with Gasteiger partial charge in [0.1, 0.15) is 6.54 Å². The van der Waals surface area contributed by atoms with E-state index in [1.807, 2.05) is 19.9 Å². The predicted octanol–water partition coefficient (Wildman–Crippen LogP) is 2.67. The van der Waals surface area contributed by atoms with Crippen molar-refractivity contribution in [3.63, 3.8) is 0 Å². The Morgan fingerprint density at radius 2 is 2.05 bits per heavy atom. The summed E-state index contributed by atoms with van der Waals surface area (Å²) < 4.78 is 4.60. The Labute approximate surface area is 118 Å². The fraction of sp³-hybridized carbons (Fsp3) is 0.429. The molecule has 0 N–H and O–H groups in total. The molecule has 0 radical (unpaired) electrons. The molecule has 0 saturated carbocycles. The summed E-state index contributed by atoms with van der Waals surface area (Å²) in [5.41, 5.74) is 1.39. The third-order valence-electron chi connectivity index (χ3n) is 2.68. The van der Waals surface area contributed by atoms with Crippen molar-refractivity contribution in [2.75, 3.05) is 20.2 Å². The van der Waals surface area contributed by atoms with Gasteiger partial charge >= 0.3 is 5.97 Å². The van der Waals surface area contributed by atoms with Crippen LogP contribution in [0.15, 0.2) is 18.2 Å². The van der Waals surface area contributed by atoms with Crippen molar-refractivity contribution in [3.05, 3.63) is 34.3 Å². The highest BCUT2D eigenvalue weighted by molar-refractivity contribution is 6.33. The van der Waals surface area contributed by atoms with Gasteiger partial charge in [-0.25, -0.2) is 0 Å². The molecule has 104 valence electrons. The largest absolute Gasteiger partial charge is 0.468 e. The highest BCUT2D eigenvalue weighted by atomic mass is 35.5. The van der Waals surface area contributed by atoms with Crippen LogP contribution in [-0.4, -0.2) is 37.0 Å². The number of amides is 1. The number of esters is 1. The molecule has 0 spiro atoms. The number of rotatable bonds is 5. The normalized spacial score (nSPS) is 10.1. The lowest BCUT2D eigenvalue weighted by Crippen LogP contribution is -2.37. The van der Waals surface area contributed by atoms with Crippen molar-refractivity contribution in [1.29, 1.82) is 0 Å². The summed E-state index contributed by atoms with van der Waals surface area (Å²) in [6, 6.07) is 5.23. The summed E-state index contributed by atoms with van der Waals surface area (Å²) >= 11 is 6.08. The van der Waals surface area contributed by atoms with Crippen molar-refractivity contribution in [3.8, 4) is 0 Å². The minimum Gasteiger partial charge on any atom is -0.468 e. The molecule has 0 unspecified atom stereocenters. The summed E-state index contributed by atoms with van der Waals surface area (Å²) in [7, 11) is 1.30. The number of nitrogens with zero attached hydrogens (tertiary/aromatic N) is 1. The number of aryl methyl sites for hydroxylation is 1. The monoisotopic (exact) mass is 283 g/mol. The number of carbonyl (C=O) groups excluding carboxylic acids is 2. The zero-order chi connectivity index (χ0) is 14.4. The Balaban J connectivity index is 2.95. The number of hydrogen-bond donors (Lipinski definition) is 0. The Bertz CT molecular complexity index is 474. The minimum atomic E-state index is -0.440. The van der Waals surface area contributed by atoms with Crippen molar-refractivity contribution in [2.45, 2.75) is 20.3 Å². The average Bonchev–Trinajstić information content (AvgIpc) is 2.37. The van der Waals surface area contributed by atoms with Crippen LogP contribution in [0, 0.1) is 6.92 Å². The molecule has 0 aliphatic carbocycles. The van der Waals surface area contributed by atoms with Gasteiger partial charge in [-0.1, -0.05) is 24.6 Å². The Morgan fingerprint density at radius 3 is 2.58 bits per heavy atom. The van der Waals surface area contributed by atoms with E-state index in [1.54, 1.807) is 12.1 Å². The molecule has 1 aromatic carbocycles. The topological polar surface area (TPSA) is 46.6 Å². The van der Waals surface area contributed by atoms with Crippen molar-refractivity contribution < 1.29 is 14.3 Å². The summed E-state index contributed by atoms with van der Waals surface area (Å²) in [6.07, 6.45) is 0.756. The molecular weight excluding hydrogens is 266 g/mol. The standard InChI is InChI=1S/C14H18ClNO3/c1-4-7-16(9-13(17)19-3)14(18)11-6-5-10(2)8-12(11)15/h5-6,8H,4,7,9H2,1-3H3. The number of halogens is 1. The zero-order valence-corrected chi connectivity index (χ0v) is 12.2. The average molecular weight is 284 g/mol. The molecule has 1 aromatic rings. The minimum absolute atomic E-state index is 0.0621. The number of ether oxygens (including phenoxy) is 1. The molecule has 0 saturated heterocycles. The van der Waals surface area contributed by atoms with Crippen LogP contribution in [0.25, 0.3) is 0 Å². The molecular formula is C14H18ClNO3. The van der Waals surface area contributed by atoms with Crippen LogP contribution in [0.1, 0.15) is 29.3 Å². The van der Waals surface area contributed by atoms with E-state index >= 15 is 0 Å². The quantitative estimate of drug-likeness (QED) is 0.781. The maximum absolute atomic E-state index is 12.4. The summed E-state index contributed by atoms with van der Waals surface area (Å²) in [4.78, 5) is 25.1. The van der Waals surface area contributed by atoms with Gasteiger partial charge < -0.3 is 9.64 Å². The Morgan fingerprint density at radius 1 is 1.37 bits per heavy atom. The highest BCUT2D eigenvalue weighted by Gasteiger charge is 2.20. The molecule has 19 heavy (non-hydrogen) atoms. The van der Waals surface area contributed by atoms with Crippen LogP contribution in [-0.2, 0) is 9.53 Å². The van der Waals surface area contributed by atoms with Gasteiger partial charge in [-0.3, -0.25) is 9.59 Å². The smallest absolute Gasteiger partial charge is 0.325 e. The number of benzene rings is 1. The Kier molecular flexibility index (Phi) is 5.83. The highest BCUT2D eigenvalue weighted by Crippen LogP contribution is 2.19. The summed E-state index contributed by atoms with van der Waals surface area (Å²) in [6.45, 7) is 4.26. The van der Waals surface area contributed by atoms with Gasteiger partial charge in [-0.2, -0.15) is 0 Å². The van der Waals surface area contributed by atoms with Gasteiger partial charge in [0.05, 0.1) is 17.7 Å². The molecule has 0 heterocycles. The third kappa shape index (κ3) is 4.24. The van der Waals surface area contributed by atoms with Crippen molar-refractivity contribution >= 4 is 23.5 Å². The van der Waals surface area contributed by atoms with Gasteiger partial charge in [-0.05, 0) is 31.0 Å². The van der Waals surface area contributed by atoms with Gasteiger partial charge in [0.2, 0.25) is 0 Å². The first kappa shape index (κ1) is 15.5. The molecule has 5 heteroatoms. The second kappa shape index (κ2) is 7.14. The summed E-state index contributed by atoms with van der Waals surface area (Å²) in [5, 5.41) is 0.399. The molecule has 0 fully saturated rings. The predicted molar refractivity (Wildman–Crippen MR) is 74.4 cm³/mol. The Hall–Kier alpha value is -1.55. The first-order valence-corrected chi connectivity index (χ1v) is 6.49. The van der Waals surface area contributed by atoms with E-state index in [9.17, 15) is 9.59 Å². The lowest BCUT2D eigenvalue weighted by molar-refractivity contribution is -0.141. The lowest BCUT2D eigenvalue weighted by atomic mass is 10.1. The zero-order valence-electron chi connectivity index (χ0n) is 11.4. The van der Waals surface area contributed by atoms with Gasteiger partial charge in [0.25, 0.3) is 5.91 Å². The van der Waals surface area contributed by atoms with Crippen LogP contribution in [0.3, 0.4) is 0 Å². The van der Waals surface area contributed by atoms with Gasteiger partial charge in [-0.15, -0.1) is 0 Å². The SMILES string of the molecule is CCCN(CC(=O)OC)C(=O)c1ccc(C)cc1Cl. The van der Waals surface area contributed by atoms with Crippen LogP contribution in [0.2, 0.25) is 5.02 Å². The molecule has 0 aromatic heterocycles. The second-order valence-electron chi connectivity index (χ2n) is 4.29. The van der Waals surface area contributed by atoms with Crippen LogP contribution < -0.4 is 0 Å². The number of hydrogen-bond acceptors (Lipinski definition) is 3. The maximum atomic E-state index is 12.4. The summed E-state index contributed by atoms with van der Waals surface area (Å²) in [5.74, 6) is -0.692. The lowest BCUT2D eigenvalue weighted by Gasteiger charge is -2.21. The van der Waals surface area contributed by atoms with E-state index in [0.717, 1.165) is 12.0 Å². The molecule has 4 nitrogen and oxygen atoms in total. The van der Waals surface area contributed by atoms with Crippen LogP contribution in [0.4, 0.5) is 0 Å². The second-order valence-corrected chi connectivity index (χ2v) is 4.69. The van der Waals surface area contributed by atoms with E-state index in [4.69, 9.17) is 11.6 Å². The van der Waals surface area contributed by atoms with Crippen molar-refractivity contribution in [2.24, 2.45) is 0 Å². The molecule has 0 atom stereocenters. The molecule has 0 aliphatic heterocycles. The molecule has 0 aliphatic rings. The molecule has 1 amide bonds. The van der Waals surface area contributed by atoms with Crippen LogP contribution in [0.5, 0.6) is 0 Å².